The van der Waals surface area contributed by atoms with Crippen LogP contribution in [0, 0.1) is 41.5 Å². The van der Waals surface area contributed by atoms with E-state index in [1.54, 1.807) is 12.4 Å². The Balaban J connectivity index is 0.736. The Labute approximate surface area is 519 Å². The molecule has 4 aliphatic rings. The van der Waals surface area contributed by atoms with Crippen molar-refractivity contribution in [2.24, 2.45) is 0 Å². The Hall–Kier alpha value is -10.7. The van der Waals surface area contributed by atoms with E-state index >= 15 is 0 Å². The number of rotatable bonds is 12. The van der Waals surface area contributed by atoms with Gasteiger partial charge in [-0.05, 0) is 195 Å². The molecule has 0 bridgehead atoms. The third-order valence-electron chi connectivity index (χ3n) is 17.5. The molecule has 0 fully saturated rings. The number of pyridine rings is 2. The van der Waals surface area contributed by atoms with Crippen LogP contribution < -0.4 is 48.7 Å². The lowest BCUT2D eigenvalue weighted by Crippen LogP contribution is -2.25. The molecule has 0 spiro atoms. The van der Waals surface area contributed by atoms with Crippen LogP contribution in [0.4, 0.5) is 79.6 Å². The molecule has 12 heteroatoms. The summed E-state index contributed by atoms with van der Waals surface area (Å²) in [4.78, 5) is 26.1. The first-order valence-electron chi connectivity index (χ1n) is 31.4. The van der Waals surface area contributed by atoms with Gasteiger partial charge in [0.1, 0.15) is 36.3 Å². The minimum atomic E-state index is -2.34. The molecule has 4 aliphatic heterocycles. The first-order valence-corrected chi connectivity index (χ1v) is 29.9. The van der Waals surface area contributed by atoms with Crippen molar-refractivity contribution in [3.05, 3.63) is 252 Å². The molecule has 0 saturated heterocycles. The highest BCUT2D eigenvalue weighted by Gasteiger charge is 2.33. The van der Waals surface area contributed by atoms with Gasteiger partial charge in [-0.3, -0.25) is 9.97 Å². The predicted molar refractivity (Wildman–Crippen MR) is 362 cm³/mol. The van der Waals surface area contributed by atoms with E-state index < -0.39 is 6.98 Å². The van der Waals surface area contributed by atoms with Crippen molar-refractivity contribution in [3.63, 3.8) is 0 Å². The zero-order valence-electron chi connectivity index (χ0n) is 53.4. The number of hydrogen-bond acceptors (Lipinski definition) is 12. The lowest BCUT2D eigenvalue weighted by Gasteiger charge is -2.25. The Morgan fingerprint density at radius 2 is 0.693 bits per heavy atom. The van der Waals surface area contributed by atoms with E-state index in [0.29, 0.717) is 37.2 Å². The van der Waals surface area contributed by atoms with Gasteiger partial charge in [-0.2, -0.15) is 0 Å². The zero-order chi connectivity index (χ0) is 62.4. The van der Waals surface area contributed by atoms with Crippen LogP contribution in [-0.2, 0) is 0 Å². The van der Waals surface area contributed by atoms with Gasteiger partial charge in [-0.15, -0.1) is 0 Å². The fourth-order valence-corrected chi connectivity index (χ4v) is 13.8. The summed E-state index contributed by atoms with van der Waals surface area (Å²) in [5.74, 6) is 2.81. The summed E-state index contributed by atoms with van der Waals surface area (Å²) in [7, 11) is 2.09. The number of nitrogens with zero attached hydrogens (tertiary/aromatic N) is 10. The molecule has 0 aliphatic carbocycles. The lowest BCUT2D eigenvalue weighted by atomic mass is 9.93. The molecule has 9 aromatic carbocycles. The van der Waals surface area contributed by atoms with Crippen molar-refractivity contribution in [2.75, 3.05) is 79.9 Å². The molecule has 0 unspecified atom stereocenters. The van der Waals surface area contributed by atoms with Crippen LogP contribution in [0.15, 0.2) is 219 Å². The summed E-state index contributed by atoms with van der Waals surface area (Å²) in [5.41, 5.74) is 25.7. The minimum absolute atomic E-state index is 0.149. The molecule has 0 saturated carbocycles. The topological polar surface area (TPSA) is 70.2 Å². The molecular formula is C76H68N10O2. The fourth-order valence-electron chi connectivity index (χ4n) is 13.8. The van der Waals surface area contributed by atoms with Crippen molar-refractivity contribution in [3.8, 4) is 45.3 Å². The van der Waals surface area contributed by atoms with Gasteiger partial charge < -0.3 is 48.7 Å². The third kappa shape index (κ3) is 9.67. The maximum atomic E-state index is 8.29. The van der Waals surface area contributed by atoms with Crippen molar-refractivity contribution >= 4 is 79.6 Å². The second kappa shape index (κ2) is 21.7. The van der Waals surface area contributed by atoms with Gasteiger partial charge >= 0.3 is 0 Å². The molecule has 0 amide bonds. The summed E-state index contributed by atoms with van der Waals surface area (Å²) >= 11 is 0. The molecule has 0 N–H and O–H groups in total. The number of aromatic nitrogens is 2. The lowest BCUT2D eigenvalue weighted by molar-refractivity contribution is 0.482. The van der Waals surface area contributed by atoms with Crippen LogP contribution in [-0.4, -0.2) is 50.7 Å². The highest BCUT2D eigenvalue weighted by Crippen LogP contribution is 2.51. The molecule has 2 aromatic heterocycles. The highest BCUT2D eigenvalue weighted by molar-refractivity contribution is 5.92. The van der Waals surface area contributed by atoms with Gasteiger partial charge in [0.2, 0.25) is 0 Å². The Kier molecular flexibility index (Phi) is 12.5. The summed E-state index contributed by atoms with van der Waals surface area (Å²) in [6.45, 7) is 12.7. The van der Waals surface area contributed by atoms with Crippen molar-refractivity contribution in [1.29, 1.82) is 0 Å². The van der Waals surface area contributed by atoms with Crippen molar-refractivity contribution < 1.29 is 13.6 Å². The number of ether oxygens (including phenoxy) is 2. The molecule has 0 atom stereocenters. The largest absolute Gasteiger partial charge is 0.457 e. The quantitative estimate of drug-likeness (QED) is 0.117. The van der Waals surface area contributed by atoms with E-state index in [0.717, 1.165) is 102 Å². The minimum Gasteiger partial charge on any atom is -0.457 e. The first-order chi connectivity index (χ1) is 44.1. The second-order valence-electron chi connectivity index (χ2n) is 23.7. The van der Waals surface area contributed by atoms with E-state index in [1.165, 1.54) is 43.8 Å². The Morgan fingerprint density at radius 1 is 0.330 bits per heavy atom. The van der Waals surface area contributed by atoms with Gasteiger partial charge in [0, 0.05) is 88.9 Å². The van der Waals surface area contributed by atoms with E-state index in [1.807, 2.05) is 53.7 Å². The van der Waals surface area contributed by atoms with E-state index in [4.69, 9.17) is 13.6 Å². The molecule has 12 nitrogen and oxygen atoms in total. The molecule has 15 rings (SSSR count). The number of para-hydroxylation sites is 4. The average Bonchev–Trinajstić information content (AvgIpc) is 2.04. The highest BCUT2D eigenvalue weighted by atomic mass is 16.5. The van der Waals surface area contributed by atoms with E-state index in [9.17, 15) is 0 Å². The number of fused-ring (bicyclic) bond motifs is 4. The third-order valence-corrected chi connectivity index (χ3v) is 17.5. The fraction of sp³-hybridized carbons (Fsp3) is 0.158. The standard InChI is InChI=1S/C76H68N10O2/c1-49-31-51(3)75(52(4)32-49)55-35-61(41-65(37-55)87-63-17-13-15-59(39-63)81-45-79(7)73-43-77-29-27-71(73)81)85-47-83(67-19-9-11-21-69(67)85)57-23-25-58(26-24-57)84-48-86(70-22-12-10-20-68(70)84)62-36-56(76-53(5)33-50(2)34-54(76)6)38-66(42-62)88-64-18-14-16-60(40-64)82-46-80(8)74-44-78-30-28-72(74)82/h9-44H,45-48H2,1-8H3/i7D3. The van der Waals surface area contributed by atoms with Gasteiger partial charge in [-0.25, -0.2) is 0 Å². The zero-order valence-corrected chi connectivity index (χ0v) is 50.4. The van der Waals surface area contributed by atoms with Gasteiger partial charge in [0.15, 0.2) is 0 Å². The Morgan fingerprint density at radius 3 is 1.11 bits per heavy atom. The van der Waals surface area contributed by atoms with Gasteiger partial charge in [0.05, 0.1) is 71.2 Å². The summed E-state index contributed by atoms with van der Waals surface area (Å²) in [5, 5.41) is 0. The molecule has 11 aromatic rings. The smallest absolute Gasteiger partial charge is 0.130 e. The van der Waals surface area contributed by atoms with Crippen LogP contribution in [0.25, 0.3) is 22.3 Å². The van der Waals surface area contributed by atoms with Crippen molar-refractivity contribution in [1.82, 2.24) is 9.97 Å². The molecule has 6 heterocycles. The van der Waals surface area contributed by atoms with Crippen LogP contribution in [0.2, 0.25) is 0 Å². The van der Waals surface area contributed by atoms with E-state index in [2.05, 4.69) is 246 Å². The monoisotopic (exact) mass is 1160 g/mol. The molecule has 434 valence electrons. The summed E-state index contributed by atoms with van der Waals surface area (Å²) in [6, 6.07) is 68.6. The number of aryl methyl sites for hydroxylation is 6. The molecular weight excluding hydrogens is 1080 g/mol. The maximum absolute atomic E-state index is 8.29. The van der Waals surface area contributed by atoms with Crippen LogP contribution in [0.5, 0.6) is 23.0 Å². The Bertz CT molecular complexity index is 4620. The maximum Gasteiger partial charge on any atom is 0.130 e. The van der Waals surface area contributed by atoms with Crippen LogP contribution in [0.3, 0.4) is 0 Å². The predicted octanol–water partition coefficient (Wildman–Crippen LogP) is 18.8. The second-order valence-corrected chi connectivity index (χ2v) is 23.7. The average molecular weight is 1160 g/mol. The van der Waals surface area contributed by atoms with E-state index in [-0.39, 0.29) is 6.67 Å². The number of benzene rings is 9. The van der Waals surface area contributed by atoms with Crippen molar-refractivity contribution in [2.45, 2.75) is 41.5 Å². The number of hydrogen-bond donors (Lipinski definition) is 0. The van der Waals surface area contributed by atoms with Crippen LogP contribution >= 0.6 is 0 Å². The molecule has 88 heavy (non-hydrogen) atoms. The van der Waals surface area contributed by atoms with Crippen LogP contribution in [0.1, 0.15) is 37.5 Å². The number of anilines is 14. The molecule has 0 radical (unpaired) electrons. The summed E-state index contributed by atoms with van der Waals surface area (Å²) < 4.78 is 38.8. The normalized spacial score (nSPS) is 14.6. The first kappa shape index (κ1) is 50.6. The SMILES string of the molecule is [2H]C([2H])([2H])N1CN(c2cccc(Oc3cc(-c4c(C)cc(C)cc4C)cc(N4CN(c5ccc(N6CN(c7cc(Oc8cccc(N9CN(C)c%10cnccc%109)c8)cc(-c8c(C)cc(C)cc8C)c7)c7ccccc76)cc5)c5ccccc54)c3)c2)c2ccncc21. The van der Waals surface area contributed by atoms with Gasteiger partial charge in [-0.1, -0.05) is 71.8 Å². The van der Waals surface area contributed by atoms with Gasteiger partial charge in [0.25, 0.3) is 0 Å². The summed E-state index contributed by atoms with van der Waals surface area (Å²) in [6.07, 6.45) is 7.08.